The van der Waals surface area contributed by atoms with Crippen LogP contribution in [0.15, 0.2) is 78.9 Å². The van der Waals surface area contributed by atoms with Crippen LogP contribution >= 0.6 is 0 Å². The molecule has 1 saturated heterocycles. The third-order valence-electron chi connectivity index (χ3n) is 6.47. The van der Waals surface area contributed by atoms with Gasteiger partial charge in [0.1, 0.15) is 5.82 Å². The van der Waals surface area contributed by atoms with Crippen LogP contribution in [-0.2, 0) is 0 Å². The van der Waals surface area contributed by atoms with Crippen LogP contribution in [0.5, 0.6) is 0 Å². The molecule has 168 valence electrons. The zero-order valence-electron chi connectivity index (χ0n) is 19.4. The second-order valence-electron chi connectivity index (χ2n) is 8.90. The molecular weight excluding hydrogens is 406 g/mol. The van der Waals surface area contributed by atoms with Crippen LogP contribution in [0.25, 0.3) is 22.3 Å². The van der Waals surface area contributed by atoms with E-state index in [0.29, 0.717) is 6.04 Å². The molecule has 0 radical (unpaired) electrons. The third-order valence-corrected chi connectivity index (χ3v) is 6.47. The third kappa shape index (κ3) is 4.69. The van der Waals surface area contributed by atoms with Crippen LogP contribution in [0.1, 0.15) is 24.4 Å². The summed E-state index contributed by atoms with van der Waals surface area (Å²) in [6.45, 7) is 3.11. The standard InChI is InChI=1S/C28H31N5/c1-32(2)23-16-14-22(15-17-23)27-30-25-13-7-6-12-24(25)28(31-27)29-20-26(33-18-8-9-19-33)21-10-4-3-5-11-21/h3-7,10-17,26H,8-9,18-20H2,1-2H3,(H,29,30,31). The van der Waals surface area contributed by atoms with Gasteiger partial charge in [-0.05, 0) is 67.9 Å². The molecule has 5 heteroatoms. The van der Waals surface area contributed by atoms with Gasteiger partial charge in [-0.3, -0.25) is 4.90 Å². The van der Waals surface area contributed by atoms with Crippen molar-refractivity contribution in [2.24, 2.45) is 0 Å². The lowest BCUT2D eigenvalue weighted by Crippen LogP contribution is -2.31. The molecule has 2 heterocycles. The topological polar surface area (TPSA) is 44.3 Å². The fraction of sp³-hybridized carbons (Fsp3) is 0.286. The minimum atomic E-state index is 0.324. The predicted molar refractivity (Wildman–Crippen MR) is 138 cm³/mol. The highest BCUT2D eigenvalue weighted by atomic mass is 15.2. The fourth-order valence-corrected chi connectivity index (χ4v) is 4.63. The molecule has 1 aliphatic heterocycles. The van der Waals surface area contributed by atoms with Crippen molar-refractivity contribution in [3.8, 4) is 11.4 Å². The van der Waals surface area contributed by atoms with E-state index in [4.69, 9.17) is 9.97 Å². The predicted octanol–water partition coefficient (Wildman–Crippen LogP) is 5.61. The average molecular weight is 438 g/mol. The Morgan fingerprint density at radius 3 is 2.27 bits per heavy atom. The first-order chi connectivity index (χ1) is 16.2. The Balaban J connectivity index is 1.47. The minimum absolute atomic E-state index is 0.324. The summed E-state index contributed by atoms with van der Waals surface area (Å²) in [6.07, 6.45) is 2.54. The van der Waals surface area contributed by atoms with E-state index in [1.807, 2.05) is 20.2 Å². The average Bonchev–Trinajstić information content (AvgIpc) is 3.39. The molecule has 0 aliphatic carbocycles. The van der Waals surface area contributed by atoms with Gasteiger partial charge < -0.3 is 10.2 Å². The summed E-state index contributed by atoms with van der Waals surface area (Å²) in [4.78, 5) is 14.5. The molecule has 0 spiro atoms. The highest BCUT2D eigenvalue weighted by Gasteiger charge is 2.23. The monoisotopic (exact) mass is 437 g/mol. The largest absolute Gasteiger partial charge is 0.378 e. The molecule has 5 nitrogen and oxygen atoms in total. The van der Waals surface area contributed by atoms with Crippen molar-refractivity contribution in [3.05, 3.63) is 84.4 Å². The van der Waals surface area contributed by atoms with E-state index in [2.05, 4.69) is 87.9 Å². The molecule has 33 heavy (non-hydrogen) atoms. The van der Waals surface area contributed by atoms with Crippen molar-refractivity contribution in [1.82, 2.24) is 14.9 Å². The maximum Gasteiger partial charge on any atom is 0.162 e. The van der Waals surface area contributed by atoms with Gasteiger partial charge in [0, 0.05) is 37.3 Å². The first-order valence-electron chi connectivity index (χ1n) is 11.8. The highest BCUT2D eigenvalue weighted by Crippen LogP contribution is 2.29. The van der Waals surface area contributed by atoms with Crippen LogP contribution in [0, 0.1) is 0 Å². The van der Waals surface area contributed by atoms with Crippen molar-refractivity contribution in [3.63, 3.8) is 0 Å². The van der Waals surface area contributed by atoms with E-state index in [0.717, 1.165) is 53.4 Å². The Morgan fingerprint density at radius 2 is 1.55 bits per heavy atom. The number of likely N-dealkylation sites (tertiary alicyclic amines) is 1. The molecule has 5 rings (SSSR count). The minimum Gasteiger partial charge on any atom is -0.378 e. The van der Waals surface area contributed by atoms with Crippen LogP contribution in [-0.4, -0.2) is 48.6 Å². The van der Waals surface area contributed by atoms with Crippen LogP contribution in [0.4, 0.5) is 11.5 Å². The number of nitrogens with zero attached hydrogens (tertiary/aromatic N) is 4. The zero-order valence-corrected chi connectivity index (χ0v) is 19.4. The second-order valence-corrected chi connectivity index (χ2v) is 8.90. The van der Waals surface area contributed by atoms with Gasteiger partial charge in [-0.2, -0.15) is 0 Å². The number of aromatic nitrogens is 2. The van der Waals surface area contributed by atoms with Crippen molar-refractivity contribution in [2.45, 2.75) is 18.9 Å². The van der Waals surface area contributed by atoms with E-state index in [1.54, 1.807) is 0 Å². The molecule has 1 N–H and O–H groups in total. The molecule has 1 unspecified atom stereocenters. The van der Waals surface area contributed by atoms with Crippen molar-refractivity contribution in [2.75, 3.05) is 43.9 Å². The molecule has 1 fully saturated rings. The molecular formula is C28H31N5. The number of rotatable bonds is 7. The molecule has 3 aromatic carbocycles. The summed E-state index contributed by atoms with van der Waals surface area (Å²) in [6, 6.07) is 27.8. The van der Waals surface area contributed by atoms with Gasteiger partial charge in [-0.25, -0.2) is 9.97 Å². The number of nitrogens with one attached hydrogen (secondary N) is 1. The van der Waals surface area contributed by atoms with E-state index in [9.17, 15) is 0 Å². The summed E-state index contributed by atoms with van der Waals surface area (Å²) in [5.41, 5.74) is 4.49. The number of hydrogen-bond acceptors (Lipinski definition) is 5. The van der Waals surface area contributed by atoms with E-state index in [1.165, 1.54) is 18.4 Å². The number of para-hydroxylation sites is 1. The summed E-state index contributed by atoms with van der Waals surface area (Å²) in [5, 5.41) is 4.76. The first-order valence-corrected chi connectivity index (χ1v) is 11.8. The van der Waals surface area contributed by atoms with Crippen LogP contribution < -0.4 is 10.2 Å². The lowest BCUT2D eigenvalue weighted by molar-refractivity contribution is 0.256. The molecule has 1 aromatic heterocycles. The summed E-state index contributed by atoms with van der Waals surface area (Å²) >= 11 is 0. The maximum absolute atomic E-state index is 4.98. The van der Waals surface area contributed by atoms with Crippen molar-refractivity contribution in [1.29, 1.82) is 0 Å². The second kappa shape index (κ2) is 9.59. The lowest BCUT2D eigenvalue weighted by Gasteiger charge is -2.28. The Labute approximate surface area is 196 Å². The van der Waals surface area contributed by atoms with Gasteiger partial charge in [-0.15, -0.1) is 0 Å². The Bertz CT molecular complexity index is 1200. The number of anilines is 2. The van der Waals surface area contributed by atoms with Crippen molar-refractivity contribution >= 4 is 22.4 Å². The molecule has 1 atom stereocenters. The number of benzene rings is 3. The molecule has 4 aromatic rings. The Hall–Kier alpha value is -3.44. The fourth-order valence-electron chi connectivity index (χ4n) is 4.63. The van der Waals surface area contributed by atoms with E-state index in [-0.39, 0.29) is 0 Å². The molecule has 0 saturated carbocycles. The Kier molecular flexibility index (Phi) is 6.22. The van der Waals surface area contributed by atoms with Gasteiger partial charge in [0.15, 0.2) is 5.82 Å². The summed E-state index contributed by atoms with van der Waals surface area (Å²) in [5.74, 6) is 1.64. The van der Waals surface area contributed by atoms with Crippen molar-refractivity contribution < 1.29 is 0 Å². The summed E-state index contributed by atoms with van der Waals surface area (Å²) < 4.78 is 0. The summed E-state index contributed by atoms with van der Waals surface area (Å²) in [7, 11) is 4.10. The SMILES string of the molecule is CN(C)c1ccc(-c2nc(NCC(c3ccccc3)N3CCCC3)c3ccccc3n2)cc1. The number of hydrogen-bond donors (Lipinski definition) is 1. The highest BCUT2D eigenvalue weighted by molar-refractivity contribution is 5.90. The lowest BCUT2D eigenvalue weighted by atomic mass is 10.1. The first kappa shape index (κ1) is 21.4. The maximum atomic E-state index is 4.98. The zero-order chi connectivity index (χ0) is 22.6. The smallest absolute Gasteiger partial charge is 0.162 e. The van der Waals surface area contributed by atoms with Gasteiger partial charge in [-0.1, -0.05) is 42.5 Å². The van der Waals surface area contributed by atoms with Gasteiger partial charge >= 0.3 is 0 Å². The quantitative estimate of drug-likeness (QED) is 0.407. The van der Waals surface area contributed by atoms with E-state index < -0.39 is 0 Å². The van der Waals surface area contributed by atoms with Gasteiger partial charge in [0.05, 0.1) is 11.6 Å². The Morgan fingerprint density at radius 1 is 0.848 bits per heavy atom. The van der Waals surface area contributed by atoms with Crippen LogP contribution in [0.2, 0.25) is 0 Å². The molecule has 0 amide bonds. The van der Waals surface area contributed by atoms with E-state index >= 15 is 0 Å². The van der Waals surface area contributed by atoms with Crippen LogP contribution in [0.3, 0.4) is 0 Å². The number of fused-ring (bicyclic) bond motifs is 1. The van der Waals surface area contributed by atoms with Gasteiger partial charge in [0.2, 0.25) is 0 Å². The molecule has 0 bridgehead atoms. The normalized spacial score (nSPS) is 15.0. The molecule has 1 aliphatic rings. The van der Waals surface area contributed by atoms with Gasteiger partial charge in [0.25, 0.3) is 0 Å².